The van der Waals surface area contributed by atoms with Crippen LogP contribution in [0, 0.1) is 0 Å². The number of halogens is 1. The highest BCUT2D eigenvalue weighted by atomic mass is 79.9. The maximum absolute atomic E-state index is 12.3. The SMILES string of the molecule is CCC(C)(C)c1ccc(C(=O)c2ccoc2Br)cc1. The van der Waals surface area contributed by atoms with Crippen LogP contribution in [-0.4, -0.2) is 5.78 Å². The molecule has 0 saturated carbocycles. The Morgan fingerprint density at radius 3 is 2.32 bits per heavy atom. The van der Waals surface area contributed by atoms with Gasteiger partial charge in [0.15, 0.2) is 10.5 Å². The quantitative estimate of drug-likeness (QED) is 0.745. The standard InChI is InChI=1S/C16H17BrO2/c1-4-16(2,3)12-7-5-11(6-8-12)14(18)13-9-10-19-15(13)17/h5-10H,4H2,1-3H3. The van der Waals surface area contributed by atoms with E-state index in [1.165, 1.54) is 11.8 Å². The Kier molecular flexibility index (Phi) is 3.95. The fourth-order valence-electron chi connectivity index (χ4n) is 1.89. The lowest BCUT2D eigenvalue weighted by Gasteiger charge is -2.23. The zero-order chi connectivity index (χ0) is 14.0. The van der Waals surface area contributed by atoms with Crippen LogP contribution in [0.25, 0.3) is 0 Å². The van der Waals surface area contributed by atoms with E-state index in [1.54, 1.807) is 6.07 Å². The fourth-order valence-corrected chi connectivity index (χ4v) is 2.31. The first-order chi connectivity index (χ1) is 8.95. The Morgan fingerprint density at radius 2 is 1.84 bits per heavy atom. The number of hydrogen-bond acceptors (Lipinski definition) is 2. The van der Waals surface area contributed by atoms with E-state index >= 15 is 0 Å². The van der Waals surface area contributed by atoms with Crippen molar-refractivity contribution >= 4 is 21.7 Å². The molecule has 0 spiro atoms. The van der Waals surface area contributed by atoms with Gasteiger partial charge in [-0.1, -0.05) is 45.0 Å². The maximum Gasteiger partial charge on any atom is 0.197 e. The van der Waals surface area contributed by atoms with Gasteiger partial charge in [0, 0.05) is 5.56 Å². The van der Waals surface area contributed by atoms with Crippen molar-refractivity contribution in [3.05, 3.63) is 58.0 Å². The molecule has 0 atom stereocenters. The van der Waals surface area contributed by atoms with Gasteiger partial charge < -0.3 is 4.42 Å². The van der Waals surface area contributed by atoms with Crippen molar-refractivity contribution in [3.63, 3.8) is 0 Å². The summed E-state index contributed by atoms with van der Waals surface area (Å²) in [6.45, 7) is 6.58. The molecule has 2 aromatic rings. The first-order valence-electron chi connectivity index (χ1n) is 6.34. The van der Waals surface area contributed by atoms with Gasteiger partial charge in [-0.2, -0.15) is 0 Å². The van der Waals surface area contributed by atoms with Crippen molar-refractivity contribution in [2.24, 2.45) is 0 Å². The van der Waals surface area contributed by atoms with E-state index in [0.717, 1.165) is 6.42 Å². The molecule has 0 aliphatic carbocycles. The summed E-state index contributed by atoms with van der Waals surface area (Å²) in [5.74, 6) is -0.0264. The molecule has 0 saturated heterocycles. The monoisotopic (exact) mass is 320 g/mol. The number of rotatable bonds is 4. The molecule has 1 aromatic carbocycles. The summed E-state index contributed by atoms with van der Waals surface area (Å²) in [6.07, 6.45) is 2.57. The Labute approximate surface area is 122 Å². The lowest BCUT2D eigenvalue weighted by atomic mass is 9.82. The summed E-state index contributed by atoms with van der Waals surface area (Å²) in [5.41, 5.74) is 2.62. The van der Waals surface area contributed by atoms with Crippen LogP contribution >= 0.6 is 15.9 Å². The zero-order valence-electron chi connectivity index (χ0n) is 11.4. The van der Waals surface area contributed by atoms with Crippen LogP contribution < -0.4 is 0 Å². The van der Waals surface area contributed by atoms with E-state index < -0.39 is 0 Å². The van der Waals surface area contributed by atoms with Gasteiger partial charge >= 0.3 is 0 Å². The summed E-state index contributed by atoms with van der Waals surface area (Å²) >= 11 is 3.23. The van der Waals surface area contributed by atoms with Gasteiger partial charge in [0.1, 0.15) is 0 Å². The molecule has 0 unspecified atom stereocenters. The molecular weight excluding hydrogens is 304 g/mol. The first kappa shape index (κ1) is 14.1. The van der Waals surface area contributed by atoms with Gasteiger partial charge in [-0.15, -0.1) is 0 Å². The topological polar surface area (TPSA) is 30.2 Å². The highest BCUT2D eigenvalue weighted by molar-refractivity contribution is 9.10. The average Bonchev–Trinajstić information content (AvgIpc) is 2.84. The number of carbonyl (C=O) groups excluding carboxylic acids is 1. The first-order valence-corrected chi connectivity index (χ1v) is 7.13. The summed E-state index contributed by atoms with van der Waals surface area (Å²) < 4.78 is 5.58. The predicted molar refractivity (Wildman–Crippen MR) is 79.6 cm³/mol. The summed E-state index contributed by atoms with van der Waals surface area (Å²) in [6, 6.07) is 9.51. The van der Waals surface area contributed by atoms with Gasteiger partial charge in [-0.25, -0.2) is 0 Å². The van der Waals surface area contributed by atoms with E-state index in [-0.39, 0.29) is 11.2 Å². The number of ketones is 1. The summed E-state index contributed by atoms with van der Waals surface area (Å²) in [5, 5.41) is 0. The van der Waals surface area contributed by atoms with Crippen molar-refractivity contribution in [3.8, 4) is 0 Å². The molecule has 2 rings (SSSR count). The van der Waals surface area contributed by atoms with Crippen LogP contribution in [0.5, 0.6) is 0 Å². The number of carbonyl (C=O) groups is 1. The van der Waals surface area contributed by atoms with E-state index in [2.05, 4.69) is 36.7 Å². The van der Waals surface area contributed by atoms with Crippen molar-refractivity contribution < 1.29 is 9.21 Å². The smallest absolute Gasteiger partial charge is 0.197 e. The molecule has 1 heterocycles. The number of benzene rings is 1. The third-order valence-electron chi connectivity index (χ3n) is 3.68. The van der Waals surface area contributed by atoms with Gasteiger partial charge in [0.05, 0.1) is 11.8 Å². The molecule has 3 heteroatoms. The fraction of sp³-hybridized carbons (Fsp3) is 0.312. The van der Waals surface area contributed by atoms with Crippen LogP contribution in [0.2, 0.25) is 0 Å². The van der Waals surface area contributed by atoms with Gasteiger partial charge in [-0.05, 0) is 39.4 Å². The Hall–Kier alpha value is -1.35. The van der Waals surface area contributed by atoms with Crippen LogP contribution in [0.3, 0.4) is 0 Å². The minimum absolute atomic E-state index is 0.0264. The molecule has 0 aliphatic rings. The van der Waals surface area contributed by atoms with Crippen LogP contribution in [0.1, 0.15) is 48.7 Å². The minimum atomic E-state index is -0.0264. The summed E-state index contributed by atoms with van der Waals surface area (Å²) in [4.78, 5) is 12.3. The minimum Gasteiger partial charge on any atom is -0.457 e. The molecule has 0 fully saturated rings. The van der Waals surface area contributed by atoms with E-state index in [0.29, 0.717) is 15.8 Å². The van der Waals surface area contributed by atoms with Gasteiger partial charge in [0.25, 0.3) is 0 Å². The number of furan rings is 1. The maximum atomic E-state index is 12.3. The zero-order valence-corrected chi connectivity index (χ0v) is 13.0. The third-order valence-corrected chi connectivity index (χ3v) is 4.29. The van der Waals surface area contributed by atoms with Crippen molar-refractivity contribution in [1.82, 2.24) is 0 Å². The van der Waals surface area contributed by atoms with Crippen LogP contribution in [0.15, 0.2) is 45.7 Å². The van der Waals surface area contributed by atoms with E-state index in [9.17, 15) is 4.79 Å². The molecular formula is C16H17BrO2. The van der Waals surface area contributed by atoms with Crippen molar-refractivity contribution in [2.75, 3.05) is 0 Å². The lowest BCUT2D eigenvalue weighted by molar-refractivity contribution is 0.103. The molecule has 0 N–H and O–H groups in total. The highest BCUT2D eigenvalue weighted by Gasteiger charge is 2.19. The van der Waals surface area contributed by atoms with E-state index in [1.807, 2.05) is 24.3 Å². The Morgan fingerprint density at radius 1 is 1.21 bits per heavy atom. The molecule has 0 aliphatic heterocycles. The van der Waals surface area contributed by atoms with Gasteiger partial charge in [-0.3, -0.25) is 4.79 Å². The van der Waals surface area contributed by atoms with Crippen molar-refractivity contribution in [1.29, 1.82) is 0 Å². The Balaban J connectivity index is 2.29. The second-order valence-corrected chi connectivity index (χ2v) is 5.97. The summed E-state index contributed by atoms with van der Waals surface area (Å²) in [7, 11) is 0. The van der Waals surface area contributed by atoms with Crippen molar-refractivity contribution in [2.45, 2.75) is 32.6 Å². The highest BCUT2D eigenvalue weighted by Crippen LogP contribution is 2.27. The molecule has 0 bridgehead atoms. The predicted octanol–water partition coefficient (Wildman–Crippen LogP) is 4.96. The van der Waals surface area contributed by atoms with Gasteiger partial charge in [0.2, 0.25) is 0 Å². The average molecular weight is 321 g/mol. The lowest BCUT2D eigenvalue weighted by Crippen LogP contribution is -2.15. The molecule has 100 valence electrons. The van der Waals surface area contributed by atoms with E-state index in [4.69, 9.17) is 4.42 Å². The number of hydrogen-bond donors (Lipinski definition) is 0. The molecule has 0 radical (unpaired) electrons. The largest absolute Gasteiger partial charge is 0.457 e. The van der Waals surface area contributed by atoms with Crippen LogP contribution in [0.4, 0.5) is 0 Å². The molecule has 1 aromatic heterocycles. The molecule has 19 heavy (non-hydrogen) atoms. The normalized spacial score (nSPS) is 11.6. The second-order valence-electron chi connectivity index (χ2n) is 5.25. The third kappa shape index (κ3) is 2.81. The second kappa shape index (κ2) is 5.33. The Bertz CT molecular complexity index is 579. The molecule has 0 amide bonds. The van der Waals surface area contributed by atoms with Crippen LogP contribution in [-0.2, 0) is 5.41 Å². The molecule has 2 nitrogen and oxygen atoms in total.